The van der Waals surface area contributed by atoms with Crippen molar-refractivity contribution < 1.29 is 4.79 Å². The lowest BCUT2D eigenvalue weighted by atomic mass is 10.2. The Bertz CT molecular complexity index is 830. The Morgan fingerprint density at radius 3 is 2.48 bits per heavy atom. The number of hydrogen-bond donors (Lipinski definition) is 1. The van der Waals surface area contributed by atoms with Crippen LogP contribution >= 0.6 is 46.1 Å². The first-order valence-electron chi connectivity index (χ1n) is 5.72. The van der Waals surface area contributed by atoms with Gasteiger partial charge in [-0.05, 0) is 30.3 Å². The van der Waals surface area contributed by atoms with Gasteiger partial charge >= 0.3 is 0 Å². The van der Waals surface area contributed by atoms with Gasteiger partial charge in [-0.25, -0.2) is 9.97 Å². The van der Waals surface area contributed by atoms with E-state index < -0.39 is 0 Å². The van der Waals surface area contributed by atoms with Crippen LogP contribution in [0.2, 0.25) is 15.3 Å². The largest absolute Gasteiger partial charge is 0.298 e. The molecule has 0 aliphatic rings. The molecule has 1 N–H and O–H groups in total. The van der Waals surface area contributed by atoms with Crippen molar-refractivity contribution in [2.24, 2.45) is 0 Å². The minimum atomic E-state index is -0.355. The number of nitrogens with one attached hydrogen (secondary N) is 1. The van der Waals surface area contributed by atoms with Gasteiger partial charge in [0.15, 0.2) is 5.13 Å². The van der Waals surface area contributed by atoms with Gasteiger partial charge in [0.05, 0.1) is 10.2 Å². The van der Waals surface area contributed by atoms with Gasteiger partial charge in [0.2, 0.25) is 0 Å². The zero-order chi connectivity index (χ0) is 15.0. The Kier molecular flexibility index (Phi) is 3.99. The van der Waals surface area contributed by atoms with Gasteiger partial charge in [-0.2, -0.15) is 0 Å². The lowest BCUT2D eigenvalue weighted by molar-refractivity contribution is 0.102. The third-order valence-corrected chi connectivity index (χ3v) is 4.17. The molecule has 0 saturated carbocycles. The summed E-state index contributed by atoms with van der Waals surface area (Å²) in [5, 5.41) is 4.08. The van der Waals surface area contributed by atoms with E-state index in [1.807, 2.05) is 6.07 Å². The topological polar surface area (TPSA) is 54.9 Å². The number of hydrogen-bond acceptors (Lipinski definition) is 4. The highest BCUT2D eigenvalue weighted by atomic mass is 35.5. The van der Waals surface area contributed by atoms with Crippen molar-refractivity contribution in [2.45, 2.75) is 0 Å². The van der Waals surface area contributed by atoms with Crippen LogP contribution in [0.5, 0.6) is 0 Å². The van der Waals surface area contributed by atoms with Gasteiger partial charge in [-0.3, -0.25) is 10.1 Å². The van der Waals surface area contributed by atoms with E-state index in [4.69, 9.17) is 34.8 Å². The number of aromatic nitrogens is 2. The zero-order valence-electron chi connectivity index (χ0n) is 10.2. The van der Waals surface area contributed by atoms with Crippen molar-refractivity contribution in [1.29, 1.82) is 0 Å². The molecule has 0 unspecified atom stereocenters. The Morgan fingerprint density at radius 1 is 1.05 bits per heavy atom. The van der Waals surface area contributed by atoms with Gasteiger partial charge in [-0.15, -0.1) is 0 Å². The molecule has 0 radical (unpaired) electrons. The molecular weight excluding hydrogens is 353 g/mol. The fourth-order valence-corrected chi connectivity index (χ4v) is 3.19. The molecule has 0 atom stereocenters. The van der Waals surface area contributed by atoms with E-state index in [-0.39, 0.29) is 16.2 Å². The normalized spacial score (nSPS) is 10.8. The molecule has 0 bridgehead atoms. The summed E-state index contributed by atoms with van der Waals surface area (Å²) >= 11 is 18.8. The van der Waals surface area contributed by atoms with Gasteiger partial charge in [0, 0.05) is 10.6 Å². The number of amides is 1. The van der Waals surface area contributed by atoms with E-state index in [2.05, 4.69) is 15.3 Å². The summed E-state index contributed by atoms with van der Waals surface area (Å²) in [7, 11) is 0. The van der Waals surface area contributed by atoms with Gasteiger partial charge in [0.1, 0.15) is 10.3 Å². The summed E-state index contributed by atoms with van der Waals surface area (Å²) in [4.78, 5) is 20.2. The molecule has 0 spiro atoms. The van der Waals surface area contributed by atoms with Crippen LogP contribution < -0.4 is 5.32 Å². The predicted molar refractivity (Wildman–Crippen MR) is 86.8 cm³/mol. The van der Waals surface area contributed by atoms with Crippen LogP contribution in [0.3, 0.4) is 0 Å². The third-order valence-electron chi connectivity index (χ3n) is 2.60. The minimum Gasteiger partial charge on any atom is -0.298 e. The molecule has 8 heteroatoms. The first-order valence-corrected chi connectivity index (χ1v) is 7.67. The fraction of sp³-hybridized carbons (Fsp3) is 0. The summed E-state index contributed by atoms with van der Waals surface area (Å²) in [5.74, 6) is -0.355. The average Bonchev–Trinajstić information content (AvgIpc) is 2.78. The molecule has 2 aromatic heterocycles. The van der Waals surface area contributed by atoms with Gasteiger partial charge in [0.25, 0.3) is 5.91 Å². The fourth-order valence-electron chi connectivity index (χ4n) is 1.72. The number of thiazole rings is 1. The van der Waals surface area contributed by atoms with Crippen molar-refractivity contribution in [3.63, 3.8) is 0 Å². The lowest BCUT2D eigenvalue weighted by Gasteiger charge is -2.02. The number of rotatable bonds is 2. The first kappa shape index (κ1) is 14.5. The molecule has 1 amide bonds. The van der Waals surface area contributed by atoms with Crippen LogP contribution in [0.1, 0.15) is 10.4 Å². The van der Waals surface area contributed by atoms with Crippen LogP contribution in [-0.2, 0) is 0 Å². The number of pyridine rings is 1. The molecule has 0 saturated heterocycles. The summed E-state index contributed by atoms with van der Waals surface area (Å²) in [6.07, 6.45) is 0. The first-order chi connectivity index (χ1) is 10.0. The van der Waals surface area contributed by atoms with Crippen LogP contribution in [0.4, 0.5) is 5.13 Å². The van der Waals surface area contributed by atoms with Crippen molar-refractivity contribution >= 4 is 67.4 Å². The van der Waals surface area contributed by atoms with E-state index >= 15 is 0 Å². The van der Waals surface area contributed by atoms with E-state index in [0.29, 0.717) is 15.7 Å². The molecule has 0 aliphatic carbocycles. The van der Waals surface area contributed by atoms with E-state index in [1.54, 1.807) is 12.1 Å². The second-order valence-corrected chi connectivity index (χ2v) is 6.33. The molecule has 1 aromatic carbocycles. The molecule has 3 rings (SSSR count). The Labute approximate surface area is 138 Å². The SMILES string of the molecule is O=C(Nc1nc2cc(Cl)ccc2s1)c1cc(Cl)nc(Cl)c1. The minimum absolute atomic E-state index is 0.156. The summed E-state index contributed by atoms with van der Waals surface area (Å²) in [6.45, 7) is 0. The maximum absolute atomic E-state index is 12.1. The van der Waals surface area contributed by atoms with Crippen LogP contribution in [0.25, 0.3) is 10.2 Å². The van der Waals surface area contributed by atoms with Crippen LogP contribution in [0.15, 0.2) is 30.3 Å². The van der Waals surface area contributed by atoms with E-state index in [1.165, 1.54) is 23.5 Å². The highest BCUT2D eigenvalue weighted by Gasteiger charge is 2.12. The molecule has 3 aromatic rings. The maximum atomic E-state index is 12.1. The summed E-state index contributed by atoms with van der Waals surface area (Å²) < 4.78 is 0.931. The quantitative estimate of drug-likeness (QED) is 0.663. The standard InChI is InChI=1S/C13H6Cl3N3OS/c14-7-1-2-9-8(5-7)17-13(21-9)19-12(20)6-3-10(15)18-11(16)4-6/h1-5H,(H,17,19,20). The average molecular weight is 359 g/mol. The molecule has 4 nitrogen and oxygen atoms in total. The van der Waals surface area contributed by atoms with Crippen molar-refractivity contribution in [3.8, 4) is 0 Å². The second-order valence-electron chi connectivity index (χ2n) is 4.09. The van der Waals surface area contributed by atoms with E-state index in [9.17, 15) is 4.79 Å². The lowest BCUT2D eigenvalue weighted by Crippen LogP contribution is -2.11. The van der Waals surface area contributed by atoms with Crippen molar-refractivity contribution in [2.75, 3.05) is 5.32 Å². The molecule has 106 valence electrons. The van der Waals surface area contributed by atoms with Crippen LogP contribution in [-0.4, -0.2) is 15.9 Å². The highest BCUT2D eigenvalue weighted by molar-refractivity contribution is 7.22. The van der Waals surface area contributed by atoms with Gasteiger partial charge in [-0.1, -0.05) is 46.1 Å². The Hall–Kier alpha value is -1.40. The highest BCUT2D eigenvalue weighted by Crippen LogP contribution is 2.28. The van der Waals surface area contributed by atoms with Crippen molar-refractivity contribution in [3.05, 3.63) is 51.2 Å². The Morgan fingerprint density at radius 2 is 1.76 bits per heavy atom. The number of carbonyl (C=O) groups is 1. The number of fused-ring (bicyclic) bond motifs is 1. The van der Waals surface area contributed by atoms with E-state index in [0.717, 1.165) is 10.2 Å². The maximum Gasteiger partial charge on any atom is 0.257 e. The van der Waals surface area contributed by atoms with Crippen molar-refractivity contribution in [1.82, 2.24) is 9.97 Å². The summed E-state index contributed by atoms with van der Waals surface area (Å²) in [6, 6.07) is 8.24. The summed E-state index contributed by atoms with van der Waals surface area (Å²) in [5.41, 5.74) is 1.05. The number of halogens is 3. The number of nitrogens with zero attached hydrogens (tertiary/aromatic N) is 2. The number of anilines is 1. The monoisotopic (exact) mass is 357 g/mol. The molecule has 0 aliphatic heterocycles. The molecular formula is C13H6Cl3N3OS. The second kappa shape index (κ2) is 5.77. The third kappa shape index (κ3) is 3.27. The van der Waals surface area contributed by atoms with Crippen LogP contribution in [0, 0.1) is 0 Å². The van der Waals surface area contributed by atoms with Gasteiger partial charge < -0.3 is 0 Å². The smallest absolute Gasteiger partial charge is 0.257 e. The zero-order valence-corrected chi connectivity index (χ0v) is 13.3. The molecule has 2 heterocycles. The number of benzene rings is 1. The Balaban J connectivity index is 1.88. The predicted octanol–water partition coefficient (Wildman–Crippen LogP) is 4.90. The molecule has 21 heavy (non-hydrogen) atoms. The molecule has 0 fully saturated rings. The number of carbonyl (C=O) groups excluding carboxylic acids is 1.